The molecule has 1 aliphatic rings. The van der Waals surface area contributed by atoms with E-state index in [1.54, 1.807) is 0 Å². The number of anilines is 1. The lowest BCUT2D eigenvalue weighted by atomic mass is 10.1. The fourth-order valence-electron chi connectivity index (χ4n) is 1.91. The maximum Gasteiger partial charge on any atom is 0.290 e. The SMILES string of the molecule is Cc1cccc(NC(=O)C2=NCCCCN2)c1C. The number of nitrogens with zero attached hydrogens (tertiary/aromatic N) is 1. The summed E-state index contributed by atoms with van der Waals surface area (Å²) < 4.78 is 0. The van der Waals surface area contributed by atoms with Crippen molar-refractivity contribution in [3.63, 3.8) is 0 Å². The Labute approximate surface area is 108 Å². The van der Waals surface area contributed by atoms with Gasteiger partial charge in [-0.15, -0.1) is 0 Å². The topological polar surface area (TPSA) is 53.5 Å². The number of aryl methyl sites for hydroxylation is 1. The minimum absolute atomic E-state index is 0.148. The molecule has 1 heterocycles. The summed E-state index contributed by atoms with van der Waals surface area (Å²) in [5.41, 5.74) is 3.12. The van der Waals surface area contributed by atoms with E-state index < -0.39 is 0 Å². The Bertz CT molecular complexity index is 480. The highest BCUT2D eigenvalue weighted by Gasteiger charge is 2.14. The third-order valence-corrected chi connectivity index (χ3v) is 3.22. The fraction of sp³-hybridized carbons (Fsp3) is 0.429. The van der Waals surface area contributed by atoms with Crippen LogP contribution in [0.4, 0.5) is 5.69 Å². The molecule has 1 aromatic carbocycles. The molecule has 18 heavy (non-hydrogen) atoms. The Morgan fingerprint density at radius 1 is 1.33 bits per heavy atom. The lowest BCUT2D eigenvalue weighted by molar-refractivity contribution is -0.110. The second-order valence-corrected chi connectivity index (χ2v) is 4.57. The highest BCUT2D eigenvalue weighted by atomic mass is 16.2. The average molecular weight is 245 g/mol. The van der Waals surface area contributed by atoms with Gasteiger partial charge in [0, 0.05) is 18.8 Å². The molecule has 0 spiro atoms. The second-order valence-electron chi connectivity index (χ2n) is 4.57. The molecule has 0 radical (unpaired) electrons. The first-order chi connectivity index (χ1) is 8.68. The molecule has 96 valence electrons. The van der Waals surface area contributed by atoms with Gasteiger partial charge in [-0.05, 0) is 43.9 Å². The largest absolute Gasteiger partial charge is 0.366 e. The molecular weight excluding hydrogens is 226 g/mol. The van der Waals surface area contributed by atoms with E-state index in [-0.39, 0.29) is 5.91 Å². The zero-order valence-corrected chi connectivity index (χ0v) is 10.9. The van der Waals surface area contributed by atoms with Crippen molar-refractivity contribution in [2.45, 2.75) is 26.7 Å². The number of aliphatic imine (C=N–C) groups is 1. The number of hydrogen-bond donors (Lipinski definition) is 2. The first-order valence-corrected chi connectivity index (χ1v) is 6.34. The van der Waals surface area contributed by atoms with Crippen molar-refractivity contribution in [1.82, 2.24) is 5.32 Å². The van der Waals surface area contributed by atoms with E-state index >= 15 is 0 Å². The van der Waals surface area contributed by atoms with Gasteiger partial charge in [0.1, 0.15) is 0 Å². The van der Waals surface area contributed by atoms with Crippen LogP contribution >= 0.6 is 0 Å². The first kappa shape index (κ1) is 12.6. The standard InChI is InChI=1S/C14H19N3O/c1-10-6-5-7-12(11(10)2)17-14(18)13-15-8-3-4-9-16-13/h5-7H,3-4,8-9H2,1-2H3,(H,15,16)(H,17,18). The van der Waals surface area contributed by atoms with E-state index in [9.17, 15) is 4.79 Å². The lowest BCUT2D eigenvalue weighted by Gasteiger charge is -2.11. The number of carbonyl (C=O) groups is 1. The van der Waals surface area contributed by atoms with Gasteiger partial charge in [-0.25, -0.2) is 0 Å². The normalized spacial score (nSPS) is 15.3. The molecule has 0 atom stereocenters. The van der Waals surface area contributed by atoms with E-state index in [1.807, 2.05) is 32.0 Å². The first-order valence-electron chi connectivity index (χ1n) is 6.34. The van der Waals surface area contributed by atoms with Crippen LogP contribution in [0.15, 0.2) is 23.2 Å². The number of carbonyl (C=O) groups excluding carboxylic acids is 1. The number of rotatable bonds is 2. The number of hydrogen-bond acceptors (Lipinski definition) is 3. The number of amides is 1. The molecule has 0 saturated heterocycles. The number of amidine groups is 1. The van der Waals surface area contributed by atoms with E-state index in [4.69, 9.17) is 0 Å². The Kier molecular flexibility index (Phi) is 3.97. The highest BCUT2D eigenvalue weighted by Crippen LogP contribution is 2.17. The summed E-state index contributed by atoms with van der Waals surface area (Å²) in [5, 5.41) is 5.99. The van der Waals surface area contributed by atoms with Gasteiger partial charge in [0.15, 0.2) is 5.84 Å². The van der Waals surface area contributed by atoms with Gasteiger partial charge in [0.05, 0.1) is 0 Å². The minimum atomic E-state index is -0.148. The smallest absolute Gasteiger partial charge is 0.290 e. The summed E-state index contributed by atoms with van der Waals surface area (Å²) in [6, 6.07) is 5.89. The van der Waals surface area contributed by atoms with Gasteiger partial charge in [-0.2, -0.15) is 0 Å². The van der Waals surface area contributed by atoms with Crippen LogP contribution in [-0.4, -0.2) is 24.8 Å². The maximum absolute atomic E-state index is 12.1. The molecule has 0 aliphatic carbocycles. The fourth-order valence-corrected chi connectivity index (χ4v) is 1.91. The van der Waals surface area contributed by atoms with E-state index in [0.29, 0.717) is 5.84 Å². The van der Waals surface area contributed by atoms with Gasteiger partial charge < -0.3 is 10.6 Å². The third kappa shape index (κ3) is 2.88. The molecule has 4 heteroatoms. The van der Waals surface area contributed by atoms with Crippen LogP contribution < -0.4 is 10.6 Å². The molecule has 2 rings (SSSR count). The zero-order valence-electron chi connectivity index (χ0n) is 10.9. The molecule has 0 unspecified atom stereocenters. The molecule has 1 aliphatic heterocycles. The number of benzene rings is 1. The Morgan fingerprint density at radius 2 is 2.17 bits per heavy atom. The minimum Gasteiger partial charge on any atom is -0.366 e. The molecule has 2 N–H and O–H groups in total. The molecule has 0 aromatic heterocycles. The van der Waals surface area contributed by atoms with Crippen LogP contribution in [0, 0.1) is 13.8 Å². The molecule has 1 amide bonds. The van der Waals surface area contributed by atoms with E-state index in [1.165, 1.54) is 5.56 Å². The highest BCUT2D eigenvalue weighted by molar-refractivity contribution is 6.42. The van der Waals surface area contributed by atoms with Crippen molar-refractivity contribution in [3.8, 4) is 0 Å². The number of nitrogens with one attached hydrogen (secondary N) is 2. The Morgan fingerprint density at radius 3 is 3.00 bits per heavy atom. The monoisotopic (exact) mass is 245 g/mol. The molecule has 0 bridgehead atoms. The van der Waals surface area contributed by atoms with Crippen molar-refractivity contribution in [1.29, 1.82) is 0 Å². The van der Waals surface area contributed by atoms with Crippen LogP contribution in [0.25, 0.3) is 0 Å². The van der Waals surface area contributed by atoms with Crippen LogP contribution in [0.2, 0.25) is 0 Å². The van der Waals surface area contributed by atoms with E-state index in [0.717, 1.165) is 37.2 Å². The predicted molar refractivity (Wildman–Crippen MR) is 74.1 cm³/mol. The molecule has 4 nitrogen and oxygen atoms in total. The summed E-state index contributed by atoms with van der Waals surface area (Å²) in [5.74, 6) is 0.305. The predicted octanol–water partition coefficient (Wildman–Crippen LogP) is 2.02. The quantitative estimate of drug-likeness (QED) is 0.837. The molecule has 1 aromatic rings. The lowest BCUT2D eigenvalue weighted by Crippen LogP contribution is -2.35. The third-order valence-electron chi connectivity index (χ3n) is 3.22. The van der Waals surface area contributed by atoms with Crippen LogP contribution in [0.3, 0.4) is 0 Å². The van der Waals surface area contributed by atoms with Crippen LogP contribution in [0.1, 0.15) is 24.0 Å². The summed E-state index contributed by atoms with van der Waals surface area (Å²) in [4.78, 5) is 16.3. The van der Waals surface area contributed by atoms with E-state index in [2.05, 4.69) is 15.6 Å². The molecular formula is C14H19N3O. The van der Waals surface area contributed by atoms with Crippen molar-refractivity contribution >= 4 is 17.4 Å². The zero-order chi connectivity index (χ0) is 13.0. The van der Waals surface area contributed by atoms with Crippen molar-refractivity contribution in [2.75, 3.05) is 18.4 Å². The average Bonchev–Trinajstić information content (AvgIpc) is 2.63. The van der Waals surface area contributed by atoms with Gasteiger partial charge in [-0.1, -0.05) is 12.1 Å². The maximum atomic E-state index is 12.1. The molecule has 0 fully saturated rings. The molecule has 0 saturated carbocycles. The summed E-state index contributed by atoms with van der Waals surface area (Å²) in [6.07, 6.45) is 2.09. The Balaban J connectivity index is 2.11. The van der Waals surface area contributed by atoms with Crippen LogP contribution in [0.5, 0.6) is 0 Å². The van der Waals surface area contributed by atoms with Gasteiger partial charge >= 0.3 is 0 Å². The van der Waals surface area contributed by atoms with Crippen molar-refractivity contribution in [3.05, 3.63) is 29.3 Å². The van der Waals surface area contributed by atoms with Gasteiger partial charge in [0.25, 0.3) is 5.91 Å². The Hall–Kier alpha value is -1.84. The van der Waals surface area contributed by atoms with Gasteiger partial charge in [-0.3, -0.25) is 9.79 Å². The summed E-state index contributed by atoms with van der Waals surface area (Å²) in [6.45, 7) is 5.58. The van der Waals surface area contributed by atoms with Crippen LogP contribution in [-0.2, 0) is 4.79 Å². The summed E-state index contributed by atoms with van der Waals surface area (Å²) >= 11 is 0. The summed E-state index contributed by atoms with van der Waals surface area (Å²) in [7, 11) is 0. The van der Waals surface area contributed by atoms with Gasteiger partial charge in [0.2, 0.25) is 0 Å². The second kappa shape index (κ2) is 5.67. The van der Waals surface area contributed by atoms with Crippen molar-refractivity contribution < 1.29 is 4.79 Å². The van der Waals surface area contributed by atoms with Crippen molar-refractivity contribution in [2.24, 2.45) is 4.99 Å².